The molecule has 0 aromatic heterocycles. The Morgan fingerprint density at radius 1 is 1.21 bits per heavy atom. The van der Waals surface area contributed by atoms with Crippen molar-refractivity contribution < 1.29 is 24.2 Å². The maximum atomic E-state index is 10.4. The first-order valence-corrected chi connectivity index (χ1v) is 15.2. The van der Waals surface area contributed by atoms with Gasteiger partial charge in [0.1, 0.15) is 34.9 Å². The van der Waals surface area contributed by atoms with Crippen LogP contribution in [0.25, 0.3) is 0 Å². The molecule has 2 aromatic carbocycles. The van der Waals surface area contributed by atoms with E-state index in [0.29, 0.717) is 18.9 Å². The second-order valence-corrected chi connectivity index (χ2v) is 12.8. The van der Waals surface area contributed by atoms with E-state index >= 15 is 0 Å². The first-order valence-electron chi connectivity index (χ1n) is 13.4. The van der Waals surface area contributed by atoms with Gasteiger partial charge in [-0.2, -0.15) is 11.8 Å². The molecular weight excluding hydrogens is 568 g/mol. The van der Waals surface area contributed by atoms with E-state index in [-0.39, 0.29) is 29.4 Å². The topological polar surface area (TPSA) is 81.5 Å². The SMILES string of the molecule is CO/N=C1\CC2Oc3c(Br)c(OCC4CC4)cc4c3C2(C[C@@H](CO)NC4)[C@H](SCc2ccc(OC)cc2)C1. The van der Waals surface area contributed by atoms with Crippen LogP contribution >= 0.6 is 27.7 Å². The van der Waals surface area contributed by atoms with Gasteiger partial charge in [-0.25, -0.2) is 0 Å². The number of nitrogens with one attached hydrogen (secondary N) is 1. The van der Waals surface area contributed by atoms with Gasteiger partial charge in [0.2, 0.25) is 0 Å². The molecule has 2 unspecified atom stereocenters. The number of oxime groups is 1. The number of methoxy groups -OCH3 is 1. The van der Waals surface area contributed by atoms with E-state index in [1.165, 1.54) is 29.5 Å². The highest BCUT2D eigenvalue weighted by molar-refractivity contribution is 9.10. The number of benzene rings is 2. The average Bonchev–Trinajstić information content (AvgIpc) is 3.72. The van der Waals surface area contributed by atoms with Gasteiger partial charge in [-0.3, -0.25) is 0 Å². The zero-order chi connectivity index (χ0) is 26.3. The molecule has 0 amide bonds. The summed E-state index contributed by atoms with van der Waals surface area (Å²) in [5.74, 6) is 4.11. The summed E-state index contributed by atoms with van der Waals surface area (Å²) in [6.07, 6.45) is 4.69. The molecule has 204 valence electrons. The molecule has 6 rings (SSSR count). The summed E-state index contributed by atoms with van der Waals surface area (Å²) in [5.41, 5.74) is 4.45. The predicted octanol–water partition coefficient (Wildman–Crippen LogP) is 5.20. The predicted molar refractivity (Wildman–Crippen MR) is 153 cm³/mol. The quantitative estimate of drug-likeness (QED) is 0.382. The van der Waals surface area contributed by atoms with E-state index in [4.69, 9.17) is 19.0 Å². The summed E-state index contributed by atoms with van der Waals surface area (Å²) < 4.78 is 19.4. The maximum Gasteiger partial charge on any atom is 0.142 e. The summed E-state index contributed by atoms with van der Waals surface area (Å²) in [4.78, 5) is 5.25. The molecule has 38 heavy (non-hydrogen) atoms. The Morgan fingerprint density at radius 2 is 2.03 bits per heavy atom. The van der Waals surface area contributed by atoms with Crippen LogP contribution in [0.5, 0.6) is 17.2 Å². The van der Waals surface area contributed by atoms with E-state index in [0.717, 1.165) is 52.6 Å². The standard InChI is InChI=1S/C29H35BrN2O5S/c1-34-22-7-5-18(6-8-22)16-38-25-11-20(32-35-2)10-24-29(25)12-21(14-33)31-13-19-9-23(36-15-17-3-4-17)27(30)28(37-24)26(19)29/h5-9,17,21,24-25,31,33H,3-4,10-16H2,1-2H3/b32-20+/t21-,24?,25+,29?/m0/s1. The Morgan fingerprint density at radius 3 is 2.74 bits per heavy atom. The molecule has 1 spiro atoms. The lowest BCUT2D eigenvalue weighted by Crippen LogP contribution is -2.54. The minimum absolute atomic E-state index is 0.0286. The molecule has 4 aliphatic rings. The molecule has 2 N–H and O–H groups in total. The molecule has 2 saturated carbocycles. The Balaban J connectivity index is 1.41. The van der Waals surface area contributed by atoms with Gasteiger partial charge in [-0.15, -0.1) is 0 Å². The van der Waals surface area contributed by atoms with Crippen LogP contribution in [0.15, 0.2) is 40.0 Å². The molecule has 2 aliphatic carbocycles. The highest BCUT2D eigenvalue weighted by atomic mass is 79.9. The first kappa shape index (κ1) is 26.3. The second-order valence-electron chi connectivity index (χ2n) is 10.8. The summed E-state index contributed by atoms with van der Waals surface area (Å²) in [5, 5.41) is 18.6. The van der Waals surface area contributed by atoms with Crippen LogP contribution < -0.4 is 19.5 Å². The number of hydrogen-bond acceptors (Lipinski definition) is 8. The third-order valence-corrected chi connectivity index (χ3v) is 10.6. The fraction of sp³-hybridized carbons (Fsp3) is 0.552. The fourth-order valence-electron chi connectivity index (χ4n) is 6.27. The minimum atomic E-state index is -0.275. The van der Waals surface area contributed by atoms with Crippen LogP contribution in [-0.2, 0) is 22.6 Å². The van der Waals surface area contributed by atoms with Crippen molar-refractivity contribution in [1.29, 1.82) is 0 Å². The van der Waals surface area contributed by atoms with Gasteiger partial charge in [-0.05, 0) is 70.4 Å². The number of hydrogen-bond donors (Lipinski definition) is 2. The smallest absolute Gasteiger partial charge is 0.142 e. The molecule has 0 bridgehead atoms. The van der Waals surface area contributed by atoms with Crippen LogP contribution in [0, 0.1) is 5.92 Å². The van der Waals surface area contributed by atoms with Crippen LogP contribution in [-0.4, -0.2) is 55.6 Å². The number of thioether (sulfide) groups is 1. The minimum Gasteiger partial charge on any atom is -0.497 e. The van der Waals surface area contributed by atoms with Gasteiger partial charge >= 0.3 is 0 Å². The zero-order valence-electron chi connectivity index (χ0n) is 21.9. The van der Waals surface area contributed by atoms with Gasteiger partial charge in [-0.1, -0.05) is 17.3 Å². The van der Waals surface area contributed by atoms with Crippen LogP contribution in [0.1, 0.15) is 48.8 Å². The highest BCUT2D eigenvalue weighted by Gasteiger charge is 2.60. The van der Waals surface area contributed by atoms with Gasteiger partial charge < -0.3 is 29.5 Å². The van der Waals surface area contributed by atoms with Crippen molar-refractivity contribution >= 4 is 33.4 Å². The first-order chi connectivity index (χ1) is 18.5. The largest absolute Gasteiger partial charge is 0.497 e. The van der Waals surface area contributed by atoms with Gasteiger partial charge in [0, 0.05) is 42.0 Å². The number of aliphatic hydroxyl groups excluding tert-OH is 1. The van der Waals surface area contributed by atoms with E-state index in [2.05, 4.69) is 44.6 Å². The van der Waals surface area contributed by atoms with Crippen molar-refractivity contribution in [1.82, 2.24) is 5.32 Å². The molecule has 7 nitrogen and oxygen atoms in total. The van der Waals surface area contributed by atoms with Crippen molar-refractivity contribution in [2.24, 2.45) is 11.1 Å². The summed E-state index contributed by atoms with van der Waals surface area (Å²) in [7, 11) is 3.30. The van der Waals surface area contributed by atoms with Gasteiger partial charge in [0.15, 0.2) is 0 Å². The molecule has 9 heteroatoms. The molecule has 4 atom stereocenters. The zero-order valence-corrected chi connectivity index (χ0v) is 24.3. The van der Waals surface area contributed by atoms with Crippen molar-refractivity contribution in [3.63, 3.8) is 0 Å². The van der Waals surface area contributed by atoms with Gasteiger partial charge in [0.05, 0.1) is 31.5 Å². The molecular formula is C29H35BrN2O5S. The molecule has 0 saturated heterocycles. The third kappa shape index (κ3) is 4.80. The van der Waals surface area contributed by atoms with Gasteiger partial charge in [0.25, 0.3) is 0 Å². The van der Waals surface area contributed by atoms with Crippen LogP contribution in [0.3, 0.4) is 0 Å². The van der Waals surface area contributed by atoms with Crippen molar-refractivity contribution in [2.75, 3.05) is 27.4 Å². The Labute approximate surface area is 236 Å². The number of ether oxygens (including phenoxy) is 3. The van der Waals surface area contributed by atoms with Crippen LogP contribution in [0.4, 0.5) is 0 Å². The molecule has 0 radical (unpaired) electrons. The molecule has 2 aromatic rings. The number of rotatable bonds is 9. The molecule has 2 heterocycles. The van der Waals surface area contributed by atoms with Crippen molar-refractivity contribution in [2.45, 2.75) is 67.2 Å². The number of nitrogens with zero attached hydrogens (tertiary/aromatic N) is 1. The summed E-state index contributed by atoms with van der Waals surface area (Å²) in [6.45, 7) is 1.50. The van der Waals surface area contributed by atoms with E-state index in [1.54, 1.807) is 14.2 Å². The Bertz CT molecular complexity index is 1200. The normalized spacial score (nSPS) is 28.7. The number of aliphatic hydroxyl groups is 1. The fourth-order valence-corrected chi connectivity index (χ4v) is 8.35. The average molecular weight is 604 g/mol. The second kappa shape index (κ2) is 10.9. The lowest BCUT2D eigenvalue weighted by Gasteiger charge is -2.45. The monoisotopic (exact) mass is 602 g/mol. The van der Waals surface area contributed by atoms with E-state index < -0.39 is 0 Å². The lowest BCUT2D eigenvalue weighted by molar-refractivity contribution is 0.109. The van der Waals surface area contributed by atoms with Crippen LogP contribution in [0.2, 0.25) is 0 Å². The van der Waals surface area contributed by atoms with E-state index in [9.17, 15) is 5.11 Å². The Kier molecular flexibility index (Phi) is 7.55. The van der Waals surface area contributed by atoms with Crippen molar-refractivity contribution in [3.8, 4) is 17.2 Å². The summed E-state index contributed by atoms with van der Waals surface area (Å²) in [6, 6.07) is 10.4. The third-order valence-electron chi connectivity index (χ3n) is 8.37. The lowest BCUT2D eigenvalue weighted by atomic mass is 9.64. The Hall–Kier alpha value is -1.94. The summed E-state index contributed by atoms with van der Waals surface area (Å²) >= 11 is 5.81. The van der Waals surface area contributed by atoms with Crippen molar-refractivity contribution in [3.05, 3.63) is 51.5 Å². The highest BCUT2D eigenvalue weighted by Crippen LogP contribution is 2.61. The molecule has 2 fully saturated rings. The molecule has 2 aliphatic heterocycles. The maximum absolute atomic E-state index is 10.4. The number of halogens is 1. The van der Waals surface area contributed by atoms with E-state index in [1.807, 2.05) is 23.9 Å².